The monoisotopic (exact) mass is 452 g/mol. The van der Waals surface area contributed by atoms with E-state index in [0.29, 0.717) is 36.8 Å². The minimum absolute atomic E-state index is 0.0133. The van der Waals surface area contributed by atoms with Crippen molar-refractivity contribution in [1.29, 1.82) is 0 Å². The SMILES string of the molecule is CCOOCC1CCCN1C(=O)C=Cc1ccc(C(=O)Oc2ccc(N=C(N)N)cc2)cc1. The number of amides is 1. The topological polar surface area (TPSA) is 129 Å². The highest BCUT2D eigenvalue weighted by atomic mass is 17.2. The molecule has 1 amide bonds. The molecule has 1 atom stereocenters. The number of hydrogen-bond acceptors (Lipinski definition) is 6. The lowest BCUT2D eigenvalue weighted by Gasteiger charge is -2.22. The normalized spacial score (nSPS) is 15.5. The molecule has 1 aliphatic heterocycles. The van der Waals surface area contributed by atoms with Gasteiger partial charge in [0.25, 0.3) is 0 Å². The van der Waals surface area contributed by atoms with Crippen LogP contribution in [0, 0.1) is 0 Å². The molecule has 0 saturated carbocycles. The first-order valence-corrected chi connectivity index (χ1v) is 10.7. The average Bonchev–Trinajstić information content (AvgIpc) is 3.27. The van der Waals surface area contributed by atoms with Gasteiger partial charge in [-0.15, -0.1) is 0 Å². The molecule has 1 aliphatic rings. The van der Waals surface area contributed by atoms with Gasteiger partial charge in [-0.2, -0.15) is 0 Å². The third-order valence-corrected chi connectivity index (χ3v) is 4.99. The van der Waals surface area contributed by atoms with Crippen LogP contribution >= 0.6 is 0 Å². The number of guanidine groups is 1. The predicted molar refractivity (Wildman–Crippen MR) is 125 cm³/mol. The molecule has 0 radical (unpaired) electrons. The molecule has 0 aliphatic carbocycles. The lowest BCUT2D eigenvalue weighted by Crippen LogP contribution is -2.37. The molecule has 9 nitrogen and oxygen atoms in total. The van der Waals surface area contributed by atoms with Crippen LogP contribution in [0.25, 0.3) is 6.08 Å². The average molecular weight is 453 g/mol. The lowest BCUT2D eigenvalue weighted by molar-refractivity contribution is -0.296. The van der Waals surface area contributed by atoms with Crippen LogP contribution in [0.15, 0.2) is 59.6 Å². The van der Waals surface area contributed by atoms with E-state index in [1.807, 2.05) is 6.92 Å². The third-order valence-electron chi connectivity index (χ3n) is 4.99. The lowest BCUT2D eigenvalue weighted by atomic mass is 10.1. The van der Waals surface area contributed by atoms with Crippen molar-refractivity contribution in [2.45, 2.75) is 25.8 Å². The molecule has 2 aromatic rings. The number of benzene rings is 2. The van der Waals surface area contributed by atoms with Crippen LogP contribution < -0.4 is 16.2 Å². The summed E-state index contributed by atoms with van der Waals surface area (Å²) in [6.45, 7) is 3.37. The summed E-state index contributed by atoms with van der Waals surface area (Å²) in [4.78, 5) is 40.7. The molecule has 0 bridgehead atoms. The fraction of sp³-hybridized carbons (Fsp3) is 0.292. The number of nitrogens with two attached hydrogens (primary N) is 2. The van der Waals surface area contributed by atoms with Crippen LogP contribution in [0.2, 0.25) is 0 Å². The molecule has 1 saturated heterocycles. The Labute approximate surface area is 192 Å². The minimum Gasteiger partial charge on any atom is -0.423 e. The molecule has 1 unspecified atom stereocenters. The van der Waals surface area contributed by atoms with Gasteiger partial charge in [0, 0.05) is 12.6 Å². The Hall–Kier alpha value is -3.69. The van der Waals surface area contributed by atoms with E-state index >= 15 is 0 Å². The van der Waals surface area contributed by atoms with Gasteiger partial charge in [-0.1, -0.05) is 12.1 Å². The summed E-state index contributed by atoms with van der Waals surface area (Å²) in [6.07, 6.45) is 5.08. The second kappa shape index (κ2) is 11.8. The molecule has 33 heavy (non-hydrogen) atoms. The standard InChI is InChI=1S/C24H28N4O5/c1-2-31-32-16-20-4-3-15-28(20)22(29)14-7-17-5-8-18(9-6-17)23(30)33-21-12-10-19(11-13-21)27-24(25)26/h5-14,20H,2-4,15-16H2,1H3,(H4,25,26,27). The number of aliphatic imine (C=N–C) groups is 1. The highest BCUT2D eigenvalue weighted by Crippen LogP contribution is 2.20. The van der Waals surface area contributed by atoms with Crippen LogP contribution in [0.5, 0.6) is 5.75 Å². The van der Waals surface area contributed by atoms with Crippen molar-refractivity contribution in [2.75, 3.05) is 19.8 Å². The van der Waals surface area contributed by atoms with Crippen LogP contribution in [0.3, 0.4) is 0 Å². The fourth-order valence-corrected chi connectivity index (χ4v) is 3.41. The summed E-state index contributed by atoms with van der Waals surface area (Å²) < 4.78 is 5.37. The van der Waals surface area contributed by atoms with Crippen molar-refractivity contribution >= 4 is 29.6 Å². The molecule has 174 valence electrons. The van der Waals surface area contributed by atoms with Crippen molar-refractivity contribution < 1.29 is 24.1 Å². The van der Waals surface area contributed by atoms with Crippen molar-refractivity contribution in [3.05, 3.63) is 65.7 Å². The van der Waals surface area contributed by atoms with Gasteiger partial charge in [0.05, 0.1) is 23.9 Å². The summed E-state index contributed by atoms with van der Waals surface area (Å²) >= 11 is 0. The summed E-state index contributed by atoms with van der Waals surface area (Å²) in [5.74, 6) is -0.250. The molecule has 9 heteroatoms. The molecule has 2 aromatic carbocycles. The van der Waals surface area contributed by atoms with Gasteiger partial charge in [-0.25, -0.2) is 19.6 Å². The first-order chi connectivity index (χ1) is 16.0. The zero-order chi connectivity index (χ0) is 23.6. The Morgan fingerprint density at radius 2 is 1.82 bits per heavy atom. The number of carbonyl (C=O) groups is 2. The first-order valence-electron chi connectivity index (χ1n) is 10.7. The van der Waals surface area contributed by atoms with E-state index in [-0.39, 0.29) is 17.9 Å². The van der Waals surface area contributed by atoms with Crippen LogP contribution in [-0.4, -0.2) is 48.5 Å². The quantitative estimate of drug-likeness (QED) is 0.0874. The van der Waals surface area contributed by atoms with E-state index < -0.39 is 5.97 Å². The van der Waals surface area contributed by atoms with Crippen LogP contribution in [0.4, 0.5) is 5.69 Å². The molecular formula is C24H28N4O5. The van der Waals surface area contributed by atoms with Crippen molar-refractivity contribution in [1.82, 2.24) is 4.90 Å². The van der Waals surface area contributed by atoms with Crippen molar-refractivity contribution in [3.8, 4) is 5.75 Å². The maximum Gasteiger partial charge on any atom is 0.343 e. The number of esters is 1. The van der Waals surface area contributed by atoms with Gasteiger partial charge < -0.3 is 21.1 Å². The van der Waals surface area contributed by atoms with Gasteiger partial charge in [0.1, 0.15) is 12.4 Å². The van der Waals surface area contributed by atoms with E-state index in [0.717, 1.165) is 18.4 Å². The Kier molecular flexibility index (Phi) is 8.56. The van der Waals surface area contributed by atoms with Gasteiger partial charge in [-0.3, -0.25) is 4.79 Å². The largest absolute Gasteiger partial charge is 0.423 e. The second-order valence-electron chi connectivity index (χ2n) is 7.39. The predicted octanol–water partition coefficient (Wildman–Crippen LogP) is 2.78. The highest BCUT2D eigenvalue weighted by molar-refractivity contribution is 5.93. The zero-order valence-corrected chi connectivity index (χ0v) is 18.5. The molecule has 1 heterocycles. The molecule has 0 aromatic heterocycles. The Morgan fingerprint density at radius 3 is 2.48 bits per heavy atom. The summed E-state index contributed by atoms with van der Waals surface area (Å²) in [5, 5.41) is 0. The zero-order valence-electron chi connectivity index (χ0n) is 18.5. The summed E-state index contributed by atoms with van der Waals surface area (Å²) in [7, 11) is 0. The number of carbonyl (C=O) groups excluding carboxylic acids is 2. The maximum atomic E-state index is 12.6. The molecule has 3 rings (SSSR count). The summed E-state index contributed by atoms with van der Waals surface area (Å²) in [6, 6.07) is 13.3. The Bertz CT molecular complexity index is 999. The fourth-order valence-electron chi connectivity index (χ4n) is 3.41. The highest BCUT2D eigenvalue weighted by Gasteiger charge is 2.27. The van der Waals surface area contributed by atoms with E-state index in [4.69, 9.17) is 26.0 Å². The number of rotatable bonds is 9. The van der Waals surface area contributed by atoms with Crippen molar-refractivity contribution in [3.63, 3.8) is 0 Å². The number of ether oxygens (including phenoxy) is 1. The Balaban J connectivity index is 1.55. The molecule has 4 N–H and O–H groups in total. The van der Waals surface area contributed by atoms with E-state index in [9.17, 15) is 9.59 Å². The van der Waals surface area contributed by atoms with Gasteiger partial charge >= 0.3 is 5.97 Å². The minimum atomic E-state index is -0.495. The molecule has 0 spiro atoms. The number of nitrogens with zero attached hydrogens (tertiary/aromatic N) is 2. The van der Waals surface area contributed by atoms with Crippen molar-refractivity contribution in [2.24, 2.45) is 16.5 Å². The van der Waals surface area contributed by atoms with Crippen LogP contribution in [0.1, 0.15) is 35.7 Å². The second-order valence-corrected chi connectivity index (χ2v) is 7.39. The number of hydrogen-bond donors (Lipinski definition) is 2. The van der Waals surface area contributed by atoms with E-state index in [1.54, 1.807) is 59.5 Å². The molecule has 1 fully saturated rings. The number of likely N-dealkylation sites (tertiary alicyclic amines) is 1. The van der Waals surface area contributed by atoms with Gasteiger partial charge in [0.15, 0.2) is 5.96 Å². The Morgan fingerprint density at radius 1 is 1.09 bits per heavy atom. The summed E-state index contributed by atoms with van der Waals surface area (Å²) in [5.41, 5.74) is 12.4. The smallest absolute Gasteiger partial charge is 0.343 e. The molecular weight excluding hydrogens is 424 g/mol. The first kappa shape index (κ1) is 24.0. The van der Waals surface area contributed by atoms with Gasteiger partial charge in [0.2, 0.25) is 5.91 Å². The van der Waals surface area contributed by atoms with Crippen LogP contribution in [-0.2, 0) is 14.6 Å². The van der Waals surface area contributed by atoms with E-state index in [1.165, 1.54) is 6.08 Å². The van der Waals surface area contributed by atoms with Gasteiger partial charge in [-0.05, 0) is 67.8 Å². The van der Waals surface area contributed by atoms with E-state index in [2.05, 4.69) is 4.99 Å². The maximum absolute atomic E-state index is 12.6. The third kappa shape index (κ3) is 7.16.